The van der Waals surface area contributed by atoms with Crippen molar-refractivity contribution in [3.05, 3.63) is 75.0 Å². The topological polar surface area (TPSA) is 61.8 Å². The van der Waals surface area contributed by atoms with E-state index in [1.807, 2.05) is 0 Å². The van der Waals surface area contributed by atoms with Gasteiger partial charge >= 0.3 is 6.18 Å². The van der Waals surface area contributed by atoms with Gasteiger partial charge in [-0.15, -0.1) is 0 Å². The van der Waals surface area contributed by atoms with Crippen molar-refractivity contribution in [3.63, 3.8) is 0 Å². The molecule has 0 radical (unpaired) electrons. The molecule has 2 heterocycles. The molecule has 2 aliphatic heterocycles. The number of nitrogens with zero attached hydrogens (tertiary/aromatic N) is 1. The number of carbonyl (C=O) groups excluding carboxylic acids is 1. The van der Waals surface area contributed by atoms with Crippen molar-refractivity contribution < 1.29 is 36.7 Å². The average molecular weight is 551 g/mol. The summed E-state index contributed by atoms with van der Waals surface area (Å²) in [5.41, 5.74) is -3.69. The summed E-state index contributed by atoms with van der Waals surface area (Å²) in [6, 6.07) is 7.23. The van der Waals surface area contributed by atoms with Crippen LogP contribution in [0.25, 0.3) is 5.70 Å². The molecule has 36 heavy (non-hydrogen) atoms. The van der Waals surface area contributed by atoms with Crippen LogP contribution in [0.1, 0.15) is 30.5 Å². The van der Waals surface area contributed by atoms with Crippen LogP contribution in [0.3, 0.4) is 0 Å². The fraction of sp³-hybridized carbons (Fsp3) is 0.375. The number of rotatable bonds is 5. The van der Waals surface area contributed by atoms with E-state index in [0.29, 0.717) is 0 Å². The number of nitrogens with one attached hydrogen (secondary N) is 1. The van der Waals surface area contributed by atoms with Crippen LogP contribution in [0.5, 0.6) is 0 Å². The maximum absolute atomic E-state index is 15.3. The van der Waals surface area contributed by atoms with Gasteiger partial charge in [-0.25, -0.2) is 8.78 Å². The van der Waals surface area contributed by atoms with E-state index in [1.165, 1.54) is 29.2 Å². The minimum atomic E-state index is -4.97. The van der Waals surface area contributed by atoms with Gasteiger partial charge in [0.2, 0.25) is 11.5 Å². The molecule has 1 unspecified atom stereocenters. The molecule has 0 saturated carbocycles. The molecule has 2 N–H and O–H groups in total. The second kappa shape index (κ2) is 8.86. The lowest BCUT2D eigenvalue weighted by Gasteiger charge is -2.47. The number of aliphatic hydroxyl groups is 1. The van der Waals surface area contributed by atoms with Crippen LogP contribution in [-0.4, -0.2) is 41.8 Å². The number of carbonyl (C=O) groups is 1. The number of amides is 1. The van der Waals surface area contributed by atoms with Gasteiger partial charge in [-0.1, -0.05) is 47.5 Å². The van der Waals surface area contributed by atoms with Crippen LogP contribution >= 0.6 is 23.2 Å². The maximum Gasteiger partial charge on any atom is 0.428 e. The van der Waals surface area contributed by atoms with Crippen LogP contribution in [-0.2, 0) is 20.9 Å². The fourth-order valence-corrected chi connectivity index (χ4v) is 4.57. The predicted molar refractivity (Wildman–Crippen MR) is 123 cm³/mol. The molecule has 0 aliphatic carbocycles. The van der Waals surface area contributed by atoms with E-state index in [9.17, 15) is 27.5 Å². The normalized spacial score (nSPS) is 21.6. The molecule has 2 aliphatic rings. The molecule has 12 heteroatoms. The highest BCUT2D eigenvalue weighted by atomic mass is 35.5. The summed E-state index contributed by atoms with van der Waals surface area (Å²) in [6.07, 6.45) is -4.20. The van der Waals surface area contributed by atoms with Crippen molar-refractivity contribution in [2.45, 2.75) is 31.3 Å². The van der Waals surface area contributed by atoms with Crippen LogP contribution in [0.4, 0.5) is 22.0 Å². The molecule has 2 aromatic rings. The number of hydroxylamine groups is 1. The number of benzene rings is 2. The van der Waals surface area contributed by atoms with Crippen LogP contribution in [0.15, 0.2) is 42.5 Å². The largest absolute Gasteiger partial charge is 0.428 e. The van der Waals surface area contributed by atoms with Gasteiger partial charge in [-0.3, -0.25) is 15.1 Å². The Morgan fingerprint density at radius 2 is 1.67 bits per heavy atom. The number of alkyl halides is 4. The SMILES string of the molecule is CC(C)(CO)C(=O)N1CC(F)(c2ccc(C3=CC(c4cc(Cl)c(F)c(Cl)c4)(C(F)(F)F)ON3)cc2)C1. The van der Waals surface area contributed by atoms with E-state index in [-0.39, 0.29) is 42.4 Å². The number of halogens is 7. The molecule has 1 fully saturated rings. The Morgan fingerprint density at radius 1 is 1.11 bits per heavy atom. The first-order valence-corrected chi connectivity index (χ1v) is 11.5. The molecule has 1 atom stereocenters. The van der Waals surface area contributed by atoms with Gasteiger partial charge in [-0.05, 0) is 43.2 Å². The first-order valence-electron chi connectivity index (χ1n) is 10.7. The molecule has 0 aromatic heterocycles. The average Bonchev–Trinajstić information content (AvgIpc) is 3.27. The summed E-state index contributed by atoms with van der Waals surface area (Å²) in [5.74, 6) is -1.43. The fourth-order valence-electron chi connectivity index (χ4n) is 4.08. The summed E-state index contributed by atoms with van der Waals surface area (Å²) in [5, 5.41) is 8.16. The van der Waals surface area contributed by atoms with Gasteiger partial charge in [0.25, 0.3) is 0 Å². The Bertz CT molecular complexity index is 1200. The number of hydrogen-bond acceptors (Lipinski definition) is 4. The highest BCUT2D eigenvalue weighted by Gasteiger charge is 2.60. The molecule has 0 spiro atoms. The third-order valence-corrected chi connectivity index (χ3v) is 6.91. The first-order chi connectivity index (χ1) is 16.6. The highest BCUT2D eigenvalue weighted by molar-refractivity contribution is 6.35. The van der Waals surface area contributed by atoms with Crippen LogP contribution in [0.2, 0.25) is 10.0 Å². The number of hydrogen-bond donors (Lipinski definition) is 2. The second-order valence-electron chi connectivity index (χ2n) is 9.50. The second-order valence-corrected chi connectivity index (χ2v) is 10.3. The van der Waals surface area contributed by atoms with Gasteiger partial charge in [0.15, 0.2) is 11.5 Å². The minimum Gasteiger partial charge on any atom is -0.395 e. The van der Waals surface area contributed by atoms with Gasteiger partial charge < -0.3 is 10.0 Å². The van der Waals surface area contributed by atoms with Crippen LogP contribution in [0, 0.1) is 11.2 Å². The van der Waals surface area contributed by atoms with Gasteiger partial charge in [0.05, 0.1) is 40.9 Å². The molecule has 194 valence electrons. The van der Waals surface area contributed by atoms with Crippen LogP contribution < -0.4 is 5.48 Å². The van der Waals surface area contributed by atoms with Crippen molar-refractivity contribution in [1.29, 1.82) is 0 Å². The van der Waals surface area contributed by atoms with E-state index < -0.39 is 44.3 Å². The zero-order chi connectivity index (χ0) is 26.7. The standard InChI is InChI=1S/C24H21Cl2F5N2O3/c1-21(2,12-34)20(35)33-10-22(28,11-33)14-5-3-13(4-6-14)18-9-23(36-32-18,24(29,30)31)15-7-16(25)19(27)17(26)8-15/h3-9,32,34H,10-12H2,1-2H3. The zero-order valence-corrected chi connectivity index (χ0v) is 20.5. The maximum atomic E-state index is 15.3. The molecule has 5 nitrogen and oxygen atoms in total. The summed E-state index contributed by atoms with van der Waals surface area (Å²) >= 11 is 11.4. The quantitative estimate of drug-likeness (QED) is 0.381. The summed E-state index contributed by atoms with van der Waals surface area (Å²) < 4.78 is 71.6. The third-order valence-electron chi connectivity index (χ3n) is 6.36. The highest BCUT2D eigenvalue weighted by Crippen LogP contribution is 2.49. The summed E-state index contributed by atoms with van der Waals surface area (Å²) in [6.45, 7) is 2.32. The molecule has 1 saturated heterocycles. The van der Waals surface area contributed by atoms with Gasteiger partial charge in [0, 0.05) is 5.56 Å². The minimum absolute atomic E-state index is 0.0570. The number of likely N-dealkylation sites (tertiary alicyclic amines) is 1. The smallest absolute Gasteiger partial charge is 0.395 e. The molecule has 4 rings (SSSR count). The molecule has 0 bridgehead atoms. The van der Waals surface area contributed by atoms with Gasteiger partial charge in [-0.2, -0.15) is 13.2 Å². The van der Waals surface area contributed by atoms with E-state index >= 15 is 4.39 Å². The number of aliphatic hydroxyl groups excluding tert-OH is 1. The van der Waals surface area contributed by atoms with Gasteiger partial charge in [0.1, 0.15) is 0 Å². The Labute approximate surface area is 213 Å². The lowest BCUT2D eigenvalue weighted by atomic mass is 9.83. The Balaban J connectivity index is 1.59. The van der Waals surface area contributed by atoms with E-state index in [0.717, 1.165) is 18.2 Å². The van der Waals surface area contributed by atoms with Crippen molar-refractivity contribution in [1.82, 2.24) is 10.4 Å². The lowest BCUT2D eigenvalue weighted by Crippen LogP contribution is -2.61. The predicted octanol–water partition coefficient (Wildman–Crippen LogP) is 5.49. The summed E-state index contributed by atoms with van der Waals surface area (Å²) in [7, 11) is 0. The van der Waals surface area contributed by atoms with E-state index in [2.05, 4.69) is 5.48 Å². The molecular formula is C24H21Cl2F5N2O3. The Hall–Kier alpha value is -2.40. The molecular weight excluding hydrogens is 530 g/mol. The van der Waals surface area contributed by atoms with Crippen molar-refractivity contribution in [2.24, 2.45) is 5.41 Å². The van der Waals surface area contributed by atoms with E-state index in [4.69, 9.17) is 28.0 Å². The van der Waals surface area contributed by atoms with Crippen molar-refractivity contribution >= 4 is 34.8 Å². The third kappa shape index (κ3) is 4.34. The first kappa shape index (κ1) is 26.7. The lowest BCUT2D eigenvalue weighted by molar-refractivity contribution is -0.269. The molecule has 2 aromatic carbocycles. The molecule has 1 amide bonds. The zero-order valence-electron chi connectivity index (χ0n) is 19.0. The monoisotopic (exact) mass is 550 g/mol. The Kier molecular flexibility index (Phi) is 6.56. The van der Waals surface area contributed by atoms with Crippen molar-refractivity contribution in [2.75, 3.05) is 19.7 Å². The van der Waals surface area contributed by atoms with E-state index in [1.54, 1.807) is 13.8 Å². The Morgan fingerprint density at radius 3 is 2.17 bits per heavy atom. The summed E-state index contributed by atoms with van der Waals surface area (Å²) in [4.78, 5) is 18.7. The van der Waals surface area contributed by atoms with Crippen molar-refractivity contribution in [3.8, 4) is 0 Å².